The van der Waals surface area contributed by atoms with E-state index in [1.54, 1.807) is 25.1 Å². The van der Waals surface area contributed by atoms with Crippen LogP contribution in [-0.4, -0.2) is 55.4 Å². The molecule has 0 fully saturated rings. The van der Waals surface area contributed by atoms with Gasteiger partial charge in [-0.15, -0.1) is 0 Å². The minimum Gasteiger partial charge on any atom is -0.459 e. The Morgan fingerprint density at radius 1 is 0.857 bits per heavy atom. The third kappa shape index (κ3) is 5.49. The van der Waals surface area contributed by atoms with Crippen molar-refractivity contribution in [2.24, 2.45) is 0 Å². The minimum atomic E-state index is -0.848. The van der Waals surface area contributed by atoms with Crippen LogP contribution in [0, 0.1) is 0 Å². The van der Waals surface area contributed by atoms with Crippen molar-refractivity contribution >= 4 is 29.5 Å². The molecule has 1 unspecified atom stereocenters. The van der Waals surface area contributed by atoms with Crippen LogP contribution < -0.4 is 0 Å². The van der Waals surface area contributed by atoms with Crippen LogP contribution in [0.25, 0.3) is 0 Å². The highest BCUT2D eigenvalue weighted by Gasteiger charge is 2.31. The number of hydrogen-bond donors (Lipinski definition) is 0. The predicted molar refractivity (Wildman–Crippen MR) is 113 cm³/mol. The molecule has 182 valence electrons. The molecule has 2 aromatic rings. The van der Waals surface area contributed by atoms with Gasteiger partial charge in [0, 0.05) is 11.1 Å². The zero-order chi connectivity index (χ0) is 24.9. The Hall–Kier alpha value is -3.77. The van der Waals surface area contributed by atoms with Crippen LogP contribution in [0.15, 0.2) is 36.4 Å². The van der Waals surface area contributed by atoms with Crippen LogP contribution in [0.1, 0.15) is 70.7 Å². The van der Waals surface area contributed by atoms with E-state index in [1.807, 2.05) is 0 Å². The van der Waals surface area contributed by atoms with Gasteiger partial charge in [0.15, 0.2) is 17.7 Å². The Bertz CT molecular complexity index is 1200. The van der Waals surface area contributed by atoms with E-state index >= 15 is 0 Å². The van der Waals surface area contributed by atoms with Gasteiger partial charge >= 0.3 is 17.9 Å². The highest BCUT2D eigenvalue weighted by Crippen LogP contribution is 2.24. The third-order valence-corrected chi connectivity index (χ3v) is 5.17. The molecule has 0 spiro atoms. The fourth-order valence-electron chi connectivity index (χ4n) is 3.46. The molecule has 0 amide bonds. The zero-order valence-corrected chi connectivity index (χ0v) is 18.6. The topological polar surface area (TPSA) is 141 Å². The number of ketones is 2. The van der Waals surface area contributed by atoms with Crippen molar-refractivity contribution in [1.29, 1.82) is 0 Å². The molecule has 0 radical (unpaired) electrons. The summed E-state index contributed by atoms with van der Waals surface area (Å²) in [5, 5.41) is 0. The molecule has 2 aliphatic rings. The second-order valence-electron chi connectivity index (χ2n) is 7.61. The van der Waals surface area contributed by atoms with Gasteiger partial charge in [0.1, 0.15) is 19.8 Å². The summed E-state index contributed by atoms with van der Waals surface area (Å²) in [6, 6.07) is 8.70. The molecule has 1 aliphatic carbocycles. The summed E-state index contributed by atoms with van der Waals surface area (Å²) in [5.74, 6) is -2.79. The van der Waals surface area contributed by atoms with E-state index < -0.39 is 24.0 Å². The van der Waals surface area contributed by atoms with Crippen molar-refractivity contribution in [3.8, 4) is 0 Å². The number of hydrogen-bond acceptors (Lipinski definition) is 11. The van der Waals surface area contributed by atoms with Gasteiger partial charge in [-0.05, 0) is 36.8 Å². The second-order valence-corrected chi connectivity index (χ2v) is 7.61. The van der Waals surface area contributed by atoms with Gasteiger partial charge in [-0.25, -0.2) is 33.9 Å². The molecule has 0 bridgehead atoms. The van der Waals surface area contributed by atoms with Crippen molar-refractivity contribution in [1.82, 2.24) is 0 Å². The first-order valence-corrected chi connectivity index (χ1v) is 10.7. The number of esters is 3. The quantitative estimate of drug-likeness (QED) is 0.153. The summed E-state index contributed by atoms with van der Waals surface area (Å²) >= 11 is 0. The van der Waals surface area contributed by atoms with Gasteiger partial charge < -0.3 is 9.47 Å². The van der Waals surface area contributed by atoms with Gasteiger partial charge in [-0.2, -0.15) is 0 Å². The van der Waals surface area contributed by atoms with Gasteiger partial charge in [0.25, 0.3) is 0 Å². The minimum absolute atomic E-state index is 0.000160. The Balaban J connectivity index is 1.27. The fraction of sp³-hybridized carbons (Fsp3) is 0.292. The van der Waals surface area contributed by atoms with E-state index in [0.717, 1.165) is 0 Å². The van der Waals surface area contributed by atoms with Crippen LogP contribution in [0.2, 0.25) is 0 Å². The van der Waals surface area contributed by atoms with E-state index in [9.17, 15) is 24.0 Å². The van der Waals surface area contributed by atoms with E-state index in [2.05, 4.69) is 4.74 Å². The largest absolute Gasteiger partial charge is 0.459 e. The van der Waals surface area contributed by atoms with Crippen LogP contribution in [0.4, 0.5) is 0 Å². The highest BCUT2D eigenvalue weighted by atomic mass is 17.2. The van der Waals surface area contributed by atoms with Crippen molar-refractivity contribution in [3.63, 3.8) is 0 Å². The monoisotopic (exact) mass is 484 g/mol. The number of fused-ring (bicyclic) bond motifs is 2. The molecule has 1 heterocycles. The van der Waals surface area contributed by atoms with Crippen LogP contribution >= 0.6 is 0 Å². The maximum Gasteiger partial charge on any atom is 0.346 e. The van der Waals surface area contributed by atoms with E-state index in [4.69, 9.17) is 24.3 Å². The van der Waals surface area contributed by atoms with Gasteiger partial charge in [0.2, 0.25) is 0 Å². The molecule has 0 saturated carbocycles. The lowest BCUT2D eigenvalue weighted by Crippen LogP contribution is -2.27. The average molecular weight is 484 g/mol. The molecule has 0 aromatic heterocycles. The molecule has 0 N–H and O–H groups in total. The third-order valence-electron chi connectivity index (χ3n) is 5.17. The number of carbonyl (C=O) groups excluding carboxylic acids is 5. The number of benzene rings is 2. The Kier molecular flexibility index (Phi) is 7.42. The molecule has 11 heteroatoms. The first kappa shape index (κ1) is 24.4. The first-order chi connectivity index (χ1) is 16.9. The number of Topliss-reactive ketones (excluding diaryl/α,β-unsaturated/α-hetero) is 2. The summed E-state index contributed by atoms with van der Waals surface area (Å²) in [7, 11) is 0. The SMILES string of the molecule is CCOOC(COOCc1ccc2c(c1)C(=O)CC2=O)COC(=O)c1ccc2c(c1)C(=O)OC2=O. The molecular formula is C24H20O11. The number of ether oxygens (including phenoxy) is 2. The molecule has 1 aliphatic heterocycles. The maximum absolute atomic E-state index is 12.4. The lowest BCUT2D eigenvalue weighted by Gasteiger charge is -2.16. The highest BCUT2D eigenvalue weighted by molar-refractivity contribution is 6.24. The summed E-state index contributed by atoms with van der Waals surface area (Å²) < 4.78 is 9.71. The summed E-state index contributed by atoms with van der Waals surface area (Å²) in [4.78, 5) is 79.5. The number of rotatable bonds is 11. The average Bonchev–Trinajstić information content (AvgIpc) is 3.30. The Morgan fingerprint density at radius 3 is 2.40 bits per heavy atom. The van der Waals surface area contributed by atoms with Crippen LogP contribution in [0.3, 0.4) is 0 Å². The van der Waals surface area contributed by atoms with Crippen molar-refractivity contribution in [3.05, 3.63) is 69.8 Å². The van der Waals surface area contributed by atoms with Gasteiger partial charge in [-0.1, -0.05) is 12.1 Å². The first-order valence-electron chi connectivity index (χ1n) is 10.7. The van der Waals surface area contributed by atoms with Crippen molar-refractivity contribution in [2.75, 3.05) is 19.8 Å². The lowest BCUT2D eigenvalue weighted by molar-refractivity contribution is -0.371. The number of cyclic esters (lactones) is 2. The van der Waals surface area contributed by atoms with Crippen molar-refractivity contribution in [2.45, 2.75) is 26.1 Å². The standard InChI is InChI=1S/C24H20O11/c1-2-31-35-15(11-30-22(27)14-4-6-17-19(8-14)24(29)34-23(17)28)12-33-32-10-13-3-5-16-18(7-13)21(26)9-20(16)25/h3-8,15H,2,9-12H2,1H3. The molecular weight excluding hydrogens is 464 g/mol. The normalized spacial score (nSPS) is 15.1. The molecule has 1 atom stereocenters. The second kappa shape index (κ2) is 10.7. The maximum atomic E-state index is 12.4. The van der Waals surface area contributed by atoms with Gasteiger partial charge in [-0.3, -0.25) is 9.59 Å². The van der Waals surface area contributed by atoms with Crippen molar-refractivity contribution < 1.29 is 53.0 Å². The van der Waals surface area contributed by atoms with Gasteiger partial charge in [0.05, 0.1) is 29.7 Å². The summed E-state index contributed by atoms with van der Waals surface area (Å²) in [6.07, 6.45) is -0.974. The molecule has 0 saturated heterocycles. The Morgan fingerprint density at radius 2 is 1.60 bits per heavy atom. The van der Waals surface area contributed by atoms with E-state index in [0.29, 0.717) is 16.7 Å². The summed E-state index contributed by atoms with van der Waals surface area (Å²) in [5.41, 5.74) is 1.51. The van der Waals surface area contributed by atoms with E-state index in [1.165, 1.54) is 18.2 Å². The van der Waals surface area contributed by atoms with Crippen LogP contribution in [-0.2, 0) is 35.6 Å². The summed E-state index contributed by atoms with van der Waals surface area (Å²) in [6.45, 7) is 1.50. The molecule has 35 heavy (non-hydrogen) atoms. The predicted octanol–water partition coefficient (Wildman–Crippen LogP) is 2.41. The Labute approximate surface area is 198 Å². The molecule has 11 nitrogen and oxygen atoms in total. The number of carbonyl (C=O) groups is 5. The lowest BCUT2D eigenvalue weighted by atomic mass is 10.1. The molecule has 4 rings (SSSR count). The van der Waals surface area contributed by atoms with E-state index in [-0.39, 0.29) is 61.1 Å². The fourth-order valence-corrected chi connectivity index (χ4v) is 3.46. The smallest absolute Gasteiger partial charge is 0.346 e. The molecule has 2 aromatic carbocycles. The zero-order valence-electron chi connectivity index (χ0n) is 18.6. The van der Waals surface area contributed by atoms with Crippen LogP contribution in [0.5, 0.6) is 0 Å².